The van der Waals surface area contributed by atoms with Crippen LogP contribution < -0.4 is 5.32 Å². The van der Waals surface area contributed by atoms with Gasteiger partial charge >= 0.3 is 0 Å². The SMILES string of the molecule is O=C(N[C@H]1[C@H]2CC[C@@H](C2)[C@@H]1CO)c1cncc(F)c1. The maximum atomic E-state index is 13.1. The molecule has 19 heavy (non-hydrogen) atoms. The summed E-state index contributed by atoms with van der Waals surface area (Å²) in [6.07, 6.45) is 5.76. The maximum Gasteiger partial charge on any atom is 0.253 e. The van der Waals surface area contributed by atoms with E-state index in [1.807, 2.05) is 0 Å². The first-order valence-electron chi connectivity index (χ1n) is 6.71. The van der Waals surface area contributed by atoms with Crippen molar-refractivity contribution in [2.45, 2.75) is 25.3 Å². The van der Waals surface area contributed by atoms with Crippen LogP contribution in [0.1, 0.15) is 29.6 Å². The summed E-state index contributed by atoms with van der Waals surface area (Å²) in [4.78, 5) is 15.8. The molecule has 0 spiro atoms. The van der Waals surface area contributed by atoms with E-state index in [-0.39, 0.29) is 30.0 Å². The van der Waals surface area contributed by atoms with E-state index >= 15 is 0 Å². The molecule has 2 bridgehead atoms. The van der Waals surface area contributed by atoms with Crippen LogP contribution in [0.4, 0.5) is 4.39 Å². The molecule has 5 heteroatoms. The molecule has 4 atom stereocenters. The van der Waals surface area contributed by atoms with E-state index in [2.05, 4.69) is 10.3 Å². The van der Waals surface area contributed by atoms with Crippen LogP contribution in [-0.2, 0) is 0 Å². The van der Waals surface area contributed by atoms with Crippen LogP contribution in [0.3, 0.4) is 0 Å². The largest absolute Gasteiger partial charge is 0.396 e. The van der Waals surface area contributed by atoms with Crippen molar-refractivity contribution in [2.75, 3.05) is 6.61 Å². The fourth-order valence-corrected chi connectivity index (χ4v) is 3.67. The third-order valence-electron chi connectivity index (χ3n) is 4.56. The summed E-state index contributed by atoms with van der Waals surface area (Å²) in [6.45, 7) is 0.105. The van der Waals surface area contributed by atoms with Gasteiger partial charge in [0.1, 0.15) is 5.82 Å². The molecular weight excluding hydrogens is 247 g/mol. The molecule has 2 N–H and O–H groups in total. The number of amides is 1. The lowest BCUT2D eigenvalue weighted by molar-refractivity contribution is 0.0860. The van der Waals surface area contributed by atoms with Gasteiger partial charge in [-0.2, -0.15) is 0 Å². The van der Waals surface area contributed by atoms with E-state index in [9.17, 15) is 14.3 Å². The first-order valence-corrected chi connectivity index (χ1v) is 6.71. The molecule has 1 heterocycles. The van der Waals surface area contributed by atoms with Gasteiger partial charge in [0.15, 0.2) is 0 Å². The Bertz CT molecular complexity index is 494. The summed E-state index contributed by atoms with van der Waals surface area (Å²) in [7, 11) is 0. The van der Waals surface area contributed by atoms with Crippen molar-refractivity contribution in [3.05, 3.63) is 29.8 Å². The lowest BCUT2D eigenvalue weighted by Crippen LogP contribution is -2.45. The van der Waals surface area contributed by atoms with Gasteiger partial charge in [-0.05, 0) is 37.2 Å². The summed E-state index contributed by atoms with van der Waals surface area (Å²) in [5.41, 5.74) is 0.236. The molecule has 1 aromatic heterocycles. The Balaban J connectivity index is 1.73. The number of pyridine rings is 1. The first kappa shape index (κ1) is 12.5. The van der Waals surface area contributed by atoms with Gasteiger partial charge in [0.25, 0.3) is 5.91 Å². The summed E-state index contributed by atoms with van der Waals surface area (Å²) in [5.74, 6) is 0.296. The van der Waals surface area contributed by atoms with Gasteiger partial charge in [-0.3, -0.25) is 9.78 Å². The number of hydrogen-bond donors (Lipinski definition) is 2. The van der Waals surface area contributed by atoms with E-state index in [0.29, 0.717) is 11.8 Å². The Morgan fingerprint density at radius 3 is 2.95 bits per heavy atom. The molecule has 3 rings (SSSR count). The second-order valence-electron chi connectivity index (χ2n) is 5.57. The van der Waals surface area contributed by atoms with Crippen LogP contribution in [0.15, 0.2) is 18.5 Å². The van der Waals surface area contributed by atoms with Crippen LogP contribution in [0, 0.1) is 23.6 Å². The predicted molar refractivity (Wildman–Crippen MR) is 66.9 cm³/mol. The summed E-state index contributed by atoms with van der Waals surface area (Å²) >= 11 is 0. The van der Waals surface area contributed by atoms with Gasteiger partial charge in [-0.25, -0.2) is 4.39 Å². The minimum atomic E-state index is -0.515. The van der Waals surface area contributed by atoms with Crippen molar-refractivity contribution in [2.24, 2.45) is 17.8 Å². The fraction of sp³-hybridized carbons (Fsp3) is 0.571. The Hall–Kier alpha value is -1.49. The summed E-state index contributed by atoms with van der Waals surface area (Å²) in [5, 5.41) is 12.4. The van der Waals surface area contributed by atoms with E-state index < -0.39 is 5.82 Å². The molecule has 2 fully saturated rings. The Kier molecular flexibility index (Phi) is 3.22. The highest BCUT2D eigenvalue weighted by atomic mass is 19.1. The second-order valence-corrected chi connectivity index (χ2v) is 5.57. The zero-order valence-electron chi connectivity index (χ0n) is 10.6. The van der Waals surface area contributed by atoms with Crippen LogP contribution in [0.2, 0.25) is 0 Å². The number of nitrogens with one attached hydrogen (secondary N) is 1. The van der Waals surface area contributed by atoms with Crippen molar-refractivity contribution >= 4 is 5.91 Å². The van der Waals surface area contributed by atoms with Crippen molar-refractivity contribution in [1.29, 1.82) is 0 Å². The highest BCUT2D eigenvalue weighted by Gasteiger charge is 2.47. The predicted octanol–water partition coefficient (Wildman–Crippen LogP) is 1.36. The van der Waals surface area contributed by atoms with E-state index in [1.165, 1.54) is 12.3 Å². The van der Waals surface area contributed by atoms with E-state index in [0.717, 1.165) is 25.5 Å². The molecule has 1 amide bonds. The molecule has 0 unspecified atom stereocenters. The van der Waals surface area contributed by atoms with Crippen LogP contribution in [-0.4, -0.2) is 28.6 Å². The average molecular weight is 264 g/mol. The van der Waals surface area contributed by atoms with Crippen molar-refractivity contribution in [1.82, 2.24) is 10.3 Å². The fourth-order valence-electron chi connectivity index (χ4n) is 3.67. The third kappa shape index (κ3) is 2.23. The second kappa shape index (κ2) is 4.89. The highest BCUT2D eigenvalue weighted by molar-refractivity contribution is 5.94. The Labute approximate surface area is 111 Å². The van der Waals surface area contributed by atoms with Gasteiger partial charge in [-0.15, -0.1) is 0 Å². The molecule has 102 valence electrons. The number of aliphatic hydroxyl groups excluding tert-OH is 1. The van der Waals surface area contributed by atoms with Crippen LogP contribution in [0.5, 0.6) is 0 Å². The molecule has 4 nitrogen and oxygen atoms in total. The smallest absolute Gasteiger partial charge is 0.253 e. The zero-order valence-corrected chi connectivity index (χ0v) is 10.6. The Morgan fingerprint density at radius 1 is 1.42 bits per heavy atom. The van der Waals surface area contributed by atoms with Gasteiger partial charge in [0, 0.05) is 24.8 Å². The standard InChI is InChI=1S/C14H17FN2O2/c15-11-4-10(5-16-6-11)14(19)17-13-9-2-1-8(3-9)12(13)7-18/h4-6,8-9,12-13,18H,1-3,7H2,(H,17,19)/t8-,9-,12-,13-/m0/s1. The Morgan fingerprint density at radius 2 is 2.21 bits per heavy atom. The quantitative estimate of drug-likeness (QED) is 0.866. The number of aromatic nitrogens is 1. The van der Waals surface area contributed by atoms with E-state index in [4.69, 9.17) is 0 Å². The third-order valence-corrected chi connectivity index (χ3v) is 4.56. The minimum Gasteiger partial charge on any atom is -0.396 e. The molecule has 2 saturated carbocycles. The molecule has 0 aromatic carbocycles. The molecule has 2 aliphatic rings. The van der Waals surface area contributed by atoms with Gasteiger partial charge in [-0.1, -0.05) is 0 Å². The number of halogens is 1. The number of rotatable bonds is 3. The number of aliphatic hydroxyl groups is 1. The highest BCUT2D eigenvalue weighted by Crippen LogP contribution is 2.48. The number of carbonyl (C=O) groups is 1. The van der Waals surface area contributed by atoms with Gasteiger partial charge in [0.05, 0.1) is 11.8 Å². The molecule has 0 saturated heterocycles. The molecule has 0 aliphatic heterocycles. The zero-order chi connectivity index (χ0) is 13.4. The van der Waals surface area contributed by atoms with Crippen molar-refractivity contribution < 1.29 is 14.3 Å². The number of fused-ring (bicyclic) bond motifs is 2. The molecular formula is C14H17FN2O2. The van der Waals surface area contributed by atoms with Crippen LogP contribution in [0.25, 0.3) is 0 Å². The molecule has 2 aliphatic carbocycles. The van der Waals surface area contributed by atoms with E-state index in [1.54, 1.807) is 0 Å². The monoisotopic (exact) mass is 264 g/mol. The van der Waals surface area contributed by atoms with Crippen molar-refractivity contribution in [3.8, 4) is 0 Å². The number of nitrogens with zero attached hydrogens (tertiary/aromatic N) is 1. The number of carbonyl (C=O) groups excluding carboxylic acids is 1. The summed E-state index contributed by atoms with van der Waals surface area (Å²) in [6, 6.07) is 1.20. The van der Waals surface area contributed by atoms with Gasteiger partial charge in [0.2, 0.25) is 0 Å². The molecule has 1 aromatic rings. The lowest BCUT2D eigenvalue weighted by atomic mass is 9.85. The topological polar surface area (TPSA) is 62.2 Å². The first-order chi connectivity index (χ1) is 9.19. The summed E-state index contributed by atoms with van der Waals surface area (Å²) < 4.78 is 13.1. The normalized spacial score (nSPS) is 32.5. The van der Waals surface area contributed by atoms with Crippen molar-refractivity contribution in [3.63, 3.8) is 0 Å². The van der Waals surface area contributed by atoms with Crippen LogP contribution >= 0.6 is 0 Å². The maximum absolute atomic E-state index is 13.1. The lowest BCUT2D eigenvalue weighted by Gasteiger charge is -2.30. The molecule has 0 radical (unpaired) electrons. The van der Waals surface area contributed by atoms with Gasteiger partial charge < -0.3 is 10.4 Å². The number of hydrogen-bond acceptors (Lipinski definition) is 3. The average Bonchev–Trinajstić information content (AvgIpc) is 2.99. The minimum absolute atomic E-state index is 0.0134.